The Morgan fingerprint density at radius 1 is 1.30 bits per heavy atom. The van der Waals surface area contributed by atoms with Crippen molar-refractivity contribution in [1.82, 2.24) is 10.2 Å². The van der Waals surface area contributed by atoms with E-state index in [1.54, 1.807) is 0 Å². The molecule has 0 aliphatic carbocycles. The molecule has 1 N–H and O–H groups in total. The van der Waals surface area contributed by atoms with Crippen molar-refractivity contribution in [3.8, 4) is 0 Å². The number of likely N-dealkylation sites (N-methyl/N-ethyl adjacent to an activating group) is 1. The number of nitrogens with one attached hydrogen (secondary N) is 1. The molecule has 1 aromatic carbocycles. The van der Waals surface area contributed by atoms with E-state index in [-0.39, 0.29) is 5.54 Å². The number of nitrogens with zero attached hydrogens (tertiary/aromatic N) is 2. The highest BCUT2D eigenvalue weighted by atomic mass is 35.5. The fourth-order valence-corrected chi connectivity index (χ4v) is 2.95. The van der Waals surface area contributed by atoms with Gasteiger partial charge in [-0.15, -0.1) is 0 Å². The molecule has 0 bridgehead atoms. The van der Waals surface area contributed by atoms with Gasteiger partial charge in [0.25, 0.3) is 0 Å². The summed E-state index contributed by atoms with van der Waals surface area (Å²) in [4.78, 5) is 4.82. The smallest absolute Gasteiger partial charge is 0.0642 e. The lowest BCUT2D eigenvalue weighted by Crippen LogP contribution is -2.57. The predicted octanol–water partition coefficient (Wildman–Crippen LogP) is 2.98. The molecule has 0 aromatic heterocycles. The maximum Gasteiger partial charge on any atom is 0.0642 e. The molecule has 3 nitrogen and oxygen atoms in total. The average molecular weight is 296 g/mol. The van der Waals surface area contributed by atoms with Crippen LogP contribution in [-0.4, -0.2) is 43.7 Å². The van der Waals surface area contributed by atoms with E-state index in [0.717, 1.165) is 43.4 Å². The van der Waals surface area contributed by atoms with E-state index >= 15 is 0 Å². The largest absolute Gasteiger partial charge is 0.367 e. The third-order valence-corrected chi connectivity index (χ3v) is 4.55. The third-order valence-electron chi connectivity index (χ3n) is 4.25. The van der Waals surface area contributed by atoms with E-state index < -0.39 is 0 Å². The molecule has 0 unspecified atom stereocenters. The zero-order valence-electron chi connectivity index (χ0n) is 13.0. The molecule has 1 heterocycles. The van der Waals surface area contributed by atoms with Crippen molar-refractivity contribution in [2.75, 3.05) is 38.1 Å². The van der Waals surface area contributed by atoms with Crippen LogP contribution in [0.2, 0.25) is 5.02 Å². The number of anilines is 1. The summed E-state index contributed by atoms with van der Waals surface area (Å²) < 4.78 is 0. The Balaban J connectivity index is 2.13. The molecule has 20 heavy (non-hydrogen) atoms. The normalized spacial score (nSPS) is 19.4. The molecule has 0 atom stereocenters. The van der Waals surface area contributed by atoms with Crippen LogP contribution in [-0.2, 0) is 6.54 Å². The van der Waals surface area contributed by atoms with Gasteiger partial charge in [0.05, 0.1) is 10.7 Å². The molecule has 4 heteroatoms. The van der Waals surface area contributed by atoms with Crippen LogP contribution in [0.3, 0.4) is 0 Å². The summed E-state index contributed by atoms with van der Waals surface area (Å²) in [6.45, 7) is 11.7. The van der Waals surface area contributed by atoms with Gasteiger partial charge in [-0.3, -0.25) is 4.90 Å². The first-order valence-corrected chi connectivity index (χ1v) is 7.77. The van der Waals surface area contributed by atoms with Gasteiger partial charge in [0.1, 0.15) is 0 Å². The monoisotopic (exact) mass is 295 g/mol. The molecule has 1 saturated heterocycles. The van der Waals surface area contributed by atoms with Gasteiger partial charge in [0.2, 0.25) is 0 Å². The van der Waals surface area contributed by atoms with Crippen molar-refractivity contribution < 1.29 is 0 Å². The van der Waals surface area contributed by atoms with Crippen molar-refractivity contribution >= 4 is 17.3 Å². The van der Waals surface area contributed by atoms with Gasteiger partial charge < -0.3 is 10.2 Å². The SMILES string of the molecule is CCNCc1ccc(N2CCN(C)C(C)(C)C2)c(Cl)c1. The van der Waals surface area contributed by atoms with Crippen LogP contribution in [0.1, 0.15) is 26.3 Å². The fourth-order valence-electron chi connectivity index (χ4n) is 2.63. The maximum absolute atomic E-state index is 6.49. The number of rotatable bonds is 4. The zero-order valence-corrected chi connectivity index (χ0v) is 13.8. The molecule has 0 amide bonds. The van der Waals surface area contributed by atoms with Gasteiger partial charge in [0.15, 0.2) is 0 Å². The quantitative estimate of drug-likeness (QED) is 0.921. The minimum Gasteiger partial charge on any atom is -0.367 e. The van der Waals surface area contributed by atoms with Crippen LogP contribution >= 0.6 is 11.6 Å². The van der Waals surface area contributed by atoms with Gasteiger partial charge >= 0.3 is 0 Å². The van der Waals surface area contributed by atoms with Crippen LogP contribution in [0.15, 0.2) is 18.2 Å². The van der Waals surface area contributed by atoms with E-state index in [4.69, 9.17) is 11.6 Å². The van der Waals surface area contributed by atoms with Crippen molar-refractivity contribution in [3.05, 3.63) is 28.8 Å². The van der Waals surface area contributed by atoms with E-state index in [1.807, 2.05) is 0 Å². The highest BCUT2D eigenvalue weighted by molar-refractivity contribution is 6.33. The Bertz CT molecular complexity index is 459. The summed E-state index contributed by atoms with van der Waals surface area (Å²) in [6, 6.07) is 6.43. The Morgan fingerprint density at radius 3 is 2.65 bits per heavy atom. The first kappa shape index (κ1) is 15.6. The number of hydrogen-bond acceptors (Lipinski definition) is 3. The number of benzene rings is 1. The first-order valence-electron chi connectivity index (χ1n) is 7.39. The van der Waals surface area contributed by atoms with E-state index in [0.29, 0.717) is 0 Å². The predicted molar refractivity (Wildman–Crippen MR) is 87.8 cm³/mol. The van der Waals surface area contributed by atoms with E-state index in [9.17, 15) is 0 Å². The Morgan fingerprint density at radius 2 is 2.05 bits per heavy atom. The lowest BCUT2D eigenvalue weighted by Gasteiger charge is -2.46. The van der Waals surface area contributed by atoms with Gasteiger partial charge in [-0.25, -0.2) is 0 Å². The Hall–Kier alpha value is -0.770. The highest BCUT2D eigenvalue weighted by Crippen LogP contribution is 2.31. The molecule has 1 aromatic rings. The van der Waals surface area contributed by atoms with E-state index in [1.165, 1.54) is 5.56 Å². The lowest BCUT2D eigenvalue weighted by atomic mass is 9.99. The highest BCUT2D eigenvalue weighted by Gasteiger charge is 2.31. The Labute approximate surface area is 127 Å². The fraction of sp³-hybridized carbons (Fsp3) is 0.625. The number of hydrogen-bond donors (Lipinski definition) is 1. The molecule has 1 fully saturated rings. The maximum atomic E-state index is 6.49. The lowest BCUT2D eigenvalue weighted by molar-refractivity contribution is 0.139. The second kappa shape index (κ2) is 6.33. The van der Waals surface area contributed by atoms with Crippen LogP contribution in [0.4, 0.5) is 5.69 Å². The van der Waals surface area contributed by atoms with Crippen molar-refractivity contribution in [2.45, 2.75) is 32.9 Å². The van der Waals surface area contributed by atoms with Crippen molar-refractivity contribution in [2.24, 2.45) is 0 Å². The van der Waals surface area contributed by atoms with Gasteiger partial charge in [-0.05, 0) is 45.1 Å². The third kappa shape index (κ3) is 3.46. The van der Waals surface area contributed by atoms with Gasteiger partial charge in [0, 0.05) is 31.7 Å². The van der Waals surface area contributed by atoms with Crippen LogP contribution in [0, 0.1) is 0 Å². The molecule has 0 saturated carbocycles. The molecule has 112 valence electrons. The van der Waals surface area contributed by atoms with Crippen molar-refractivity contribution in [3.63, 3.8) is 0 Å². The van der Waals surface area contributed by atoms with Gasteiger partial charge in [-0.1, -0.05) is 24.6 Å². The van der Waals surface area contributed by atoms with Crippen LogP contribution in [0.25, 0.3) is 0 Å². The second-order valence-corrected chi connectivity index (χ2v) is 6.63. The summed E-state index contributed by atoms with van der Waals surface area (Å²) in [5, 5.41) is 4.19. The molecule has 0 spiro atoms. The minimum atomic E-state index is 0.185. The Kier molecular flexibility index (Phi) is 4.95. The summed E-state index contributed by atoms with van der Waals surface area (Å²) in [7, 11) is 2.19. The number of halogens is 1. The molecule has 2 rings (SSSR count). The van der Waals surface area contributed by atoms with Crippen molar-refractivity contribution in [1.29, 1.82) is 0 Å². The second-order valence-electron chi connectivity index (χ2n) is 6.22. The summed E-state index contributed by atoms with van der Waals surface area (Å²) in [5.41, 5.74) is 2.59. The standard InChI is InChI=1S/C16H26ClN3/c1-5-18-11-13-6-7-15(14(17)10-13)20-9-8-19(4)16(2,3)12-20/h6-7,10,18H,5,8-9,11-12H2,1-4H3. The summed E-state index contributed by atoms with van der Waals surface area (Å²) in [5.74, 6) is 0. The molecule has 1 aliphatic heterocycles. The van der Waals surface area contributed by atoms with E-state index in [2.05, 4.69) is 61.1 Å². The molecular weight excluding hydrogens is 270 g/mol. The zero-order chi connectivity index (χ0) is 14.8. The minimum absolute atomic E-state index is 0.185. The van der Waals surface area contributed by atoms with Crippen LogP contribution < -0.4 is 10.2 Å². The summed E-state index contributed by atoms with van der Waals surface area (Å²) in [6.07, 6.45) is 0. The van der Waals surface area contributed by atoms with Crippen LogP contribution in [0.5, 0.6) is 0 Å². The molecule has 0 radical (unpaired) electrons. The number of piperazine rings is 1. The first-order chi connectivity index (χ1) is 9.44. The van der Waals surface area contributed by atoms with Gasteiger partial charge in [-0.2, -0.15) is 0 Å². The molecule has 1 aliphatic rings. The summed E-state index contributed by atoms with van der Waals surface area (Å²) >= 11 is 6.49. The topological polar surface area (TPSA) is 18.5 Å². The molecular formula is C16H26ClN3. The average Bonchev–Trinajstić information content (AvgIpc) is 2.40.